The van der Waals surface area contributed by atoms with E-state index in [1.54, 1.807) is 25.5 Å². The van der Waals surface area contributed by atoms with Gasteiger partial charge in [-0.1, -0.05) is 0 Å². The highest BCUT2D eigenvalue weighted by Crippen LogP contribution is 2.11. The van der Waals surface area contributed by atoms with Crippen LogP contribution >= 0.6 is 0 Å². The number of nitrogens with one attached hydrogen (secondary N) is 1. The third-order valence-electron chi connectivity index (χ3n) is 3.80. The summed E-state index contributed by atoms with van der Waals surface area (Å²) in [6.07, 6.45) is 3.27. The van der Waals surface area contributed by atoms with Crippen LogP contribution in [0.15, 0.2) is 35.4 Å². The van der Waals surface area contributed by atoms with Gasteiger partial charge in [0.1, 0.15) is 17.2 Å². The van der Waals surface area contributed by atoms with Gasteiger partial charge in [-0.25, -0.2) is 9.97 Å². The molecule has 0 aromatic carbocycles. The van der Waals surface area contributed by atoms with E-state index in [1.165, 1.54) is 10.6 Å². The van der Waals surface area contributed by atoms with Crippen molar-refractivity contribution in [3.8, 4) is 0 Å². The smallest absolute Gasteiger partial charge is 0.263 e. The number of aryl methyl sites for hydroxylation is 1. The van der Waals surface area contributed by atoms with Crippen LogP contribution in [0.2, 0.25) is 0 Å². The summed E-state index contributed by atoms with van der Waals surface area (Å²) in [5.41, 5.74) is -0.234. The second-order valence-corrected chi connectivity index (χ2v) is 5.45. The highest BCUT2D eigenvalue weighted by molar-refractivity contribution is 5.93. The largest absolute Gasteiger partial charge is 0.378 e. The molecule has 0 aliphatic carbocycles. The van der Waals surface area contributed by atoms with E-state index >= 15 is 0 Å². The van der Waals surface area contributed by atoms with Crippen molar-refractivity contribution in [2.24, 2.45) is 7.05 Å². The Hall–Kier alpha value is -2.74. The Labute approximate surface area is 139 Å². The first-order chi connectivity index (χ1) is 11.6. The van der Waals surface area contributed by atoms with Gasteiger partial charge in [-0.05, 0) is 18.2 Å². The van der Waals surface area contributed by atoms with E-state index < -0.39 is 5.91 Å². The van der Waals surface area contributed by atoms with Crippen LogP contribution in [-0.4, -0.2) is 46.7 Å². The van der Waals surface area contributed by atoms with Crippen LogP contribution < -0.4 is 15.8 Å². The lowest BCUT2D eigenvalue weighted by molar-refractivity contribution is 0.0948. The minimum atomic E-state index is -0.434. The third kappa shape index (κ3) is 3.60. The molecule has 3 rings (SSSR count). The molecule has 2 aromatic rings. The predicted octanol–water partition coefficient (Wildman–Crippen LogP) is -0.0581. The summed E-state index contributed by atoms with van der Waals surface area (Å²) in [4.78, 5) is 34.9. The fourth-order valence-corrected chi connectivity index (χ4v) is 2.47. The molecule has 0 bridgehead atoms. The van der Waals surface area contributed by atoms with Crippen LogP contribution in [0.4, 0.5) is 5.82 Å². The summed E-state index contributed by atoms with van der Waals surface area (Å²) in [7, 11) is 1.61. The number of rotatable bonds is 4. The lowest BCUT2D eigenvalue weighted by Gasteiger charge is -2.27. The van der Waals surface area contributed by atoms with E-state index in [-0.39, 0.29) is 17.7 Å². The van der Waals surface area contributed by atoms with Crippen LogP contribution in [0.5, 0.6) is 0 Å². The first-order valence-electron chi connectivity index (χ1n) is 7.73. The van der Waals surface area contributed by atoms with E-state index in [0.29, 0.717) is 19.0 Å². The fraction of sp³-hybridized carbons (Fsp3) is 0.375. The van der Waals surface area contributed by atoms with Gasteiger partial charge in [-0.3, -0.25) is 9.59 Å². The fourth-order valence-electron chi connectivity index (χ4n) is 2.47. The molecule has 0 spiro atoms. The molecule has 1 aliphatic heterocycles. The van der Waals surface area contributed by atoms with Crippen molar-refractivity contribution in [2.75, 3.05) is 31.2 Å². The first kappa shape index (κ1) is 16.1. The highest BCUT2D eigenvalue weighted by Gasteiger charge is 2.14. The number of pyridine rings is 1. The van der Waals surface area contributed by atoms with E-state index in [1.807, 2.05) is 6.07 Å². The Morgan fingerprint density at radius 3 is 2.92 bits per heavy atom. The molecule has 1 N–H and O–H groups in total. The summed E-state index contributed by atoms with van der Waals surface area (Å²) in [5.74, 6) is 0.879. The molecular formula is C16H19N5O3. The van der Waals surface area contributed by atoms with E-state index in [9.17, 15) is 9.59 Å². The normalized spacial score (nSPS) is 14.5. The van der Waals surface area contributed by atoms with Gasteiger partial charge in [0.2, 0.25) is 0 Å². The molecule has 8 heteroatoms. The topological polar surface area (TPSA) is 89.3 Å². The summed E-state index contributed by atoms with van der Waals surface area (Å²) >= 11 is 0. The molecule has 3 heterocycles. The maximum atomic E-state index is 12.2. The number of hydrogen-bond donors (Lipinski definition) is 1. The second-order valence-electron chi connectivity index (χ2n) is 5.45. The summed E-state index contributed by atoms with van der Waals surface area (Å²) < 4.78 is 6.69. The number of aromatic nitrogens is 3. The lowest BCUT2D eigenvalue weighted by Crippen LogP contribution is -2.37. The average Bonchev–Trinajstić information content (AvgIpc) is 2.63. The number of anilines is 1. The first-order valence-corrected chi connectivity index (χ1v) is 7.73. The standard InChI is InChI=1S/C16H19N5O3/c1-20-6-2-3-12(16(20)23)15(22)18-11-13-17-5-4-14(19-13)21-7-9-24-10-8-21/h2-6H,7-11H2,1H3,(H,18,22). The maximum Gasteiger partial charge on any atom is 0.263 e. The zero-order valence-electron chi connectivity index (χ0n) is 13.4. The molecule has 1 aliphatic rings. The number of carbonyl (C=O) groups excluding carboxylic acids is 1. The van der Waals surface area contributed by atoms with Gasteiger partial charge in [0.05, 0.1) is 19.8 Å². The van der Waals surface area contributed by atoms with Crippen molar-refractivity contribution in [2.45, 2.75) is 6.54 Å². The molecular weight excluding hydrogens is 310 g/mol. The molecule has 0 saturated carbocycles. The molecule has 1 amide bonds. The lowest BCUT2D eigenvalue weighted by atomic mass is 10.2. The maximum absolute atomic E-state index is 12.2. The van der Waals surface area contributed by atoms with Crippen molar-refractivity contribution >= 4 is 11.7 Å². The molecule has 0 atom stereocenters. The number of ether oxygens (including phenoxy) is 1. The zero-order valence-corrected chi connectivity index (χ0v) is 13.4. The van der Waals surface area contributed by atoms with Gasteiger partial charge in [-0.15, -0.1) is 0 Å². The van der Waals surface area contributed by atoms with Gasteiger partial charge >= 0.3 is 0 Å². The zero-order chi connectivity index (χ0) is 16.9. The number of carbonyl (C=O) groups is 1. The van der Waals surface area contributed by atoms with Gasteiger partial charge in [0.25, 0.3) is 11.5 Å². The molecule has 1 saturated heterocycles. The van der Waals surface area contributed by atoms with Gasteiger partial charge in [0.15, 0.2) is 0 Å². The summed E-state index contributed by atoms with van der Waals surface area (Å²) in [6, 6.07) is 5.00. The number of hydrogen-bond acceptors (Lipinski definition) is 6. The minimum absolute atomic E-state index is 0.101. The average molecular weight is 329 g/mol. The van der Waals surface area contributed by atoms with Crippen LogP contribution in [0, 0.1) is 0 Å². The van der Waals surface area contributed by atoms with E-state index in [4.69, 9.17) is 4.74 Å². The Morgan fingerprint density at radius 2 is 2.12 bits per heavy atom. The number of amides is 1. The van der Waals surface area contributed by atoms with Crippen molar-refractivity contribution in [3.05, 3.63) is 52.3 Å². The molecule has 1 fully saturated rings. The molecule has 24 heavy (non-hydrogen) atoms. The predicted molar refractivity (Wildman–Crippen MR) is 87.9 cm³/mol. The van der Waals surface area contributed by atoms with Gasteiger partial charge < -0.3 is 19.5 Å². The third-order valence-corrected chi connectivity index (χ3v) is 3.80. The van der Waals surface area contributed by atoms with Crippen LogP contribution in [0.1, 0.15) is 16.2 Å². The van der Waals surface area contributed by atoms with Crippen LogP contribution in [0.25, 0.3) is 0 Å². The Kier molecular flexibility index (Phi) is 4.85. The Balaban J connectivity index is 1.67. The van der Waals surface area contributed by atoms with E-state index in [0.717, 1.165) is 18.9 Å². The van der Waals surface area contributed by atoms with E-state index in [2.05, 4.69) is 20.2 Å². The van der Waals surface area contributed by atoms with Crippen LogP contribution in [-0.2, 0) is 18.3 Å². The monoisotopic (exact) mass is 329 g/mol. The Bertz CT molecular complexity index is 783. The number of morpholine rings is 1. The summed E-state index contributed by atoms with van der Waals surface area (Å²) in [6.45, 7) is 3.07. The quantitative estimate of drug-likeness (QED) is 0.845. The molecule has 126 valence electrons. The number of nitrogens with zero attached hydrogens (tertiary/aromatic N) is 4. The second kappa shape index (κ2) is 7.22. The van der Waals surface area contributed by atoms with Gasteiger partial charge in [-0.2, -0.15) is 0 Å². The van der Waals surface area contributed by atoms with Crippen molar-refractivity contribution < 1.29 is 9.53 Å². The van der Waals surface area contributed by atoms with Crippen molar-refractivity contribution in [3.63, 3.8) is 0 Å². The molecule has 0 radical (unpaired) electrons. The van der Waals surface area contributed by atoms with Crippen molar-refractivity contribution in [1.29, 1.82) is 0 Å². The SMILES string of the molecule is Cn1cccc(C(=O)NCc2nccc(N3CCOCC3)n2)c1=O. The highest BCUT2D eigenvalue weighted by atomic mass is 16.5. The molecule has 0 unspecified atom stereocenters. The van der Waals surface area contributed by atoms with Crippen LogP contribution in [0.3, 0.4) is 0 Å². The molecule has 8 nitrogen and oxygen atoms in total. The van der Waals surface area contributed by atoms with Crippen molar-refractivity contribution in [1.82, 2.24) is 19.9 Å². The Morgan fingerprint density at radius 1 is 1.33 bits per heavy atom. The minimum Gasteiger partial charge on any atom is -0.378 e. The molecule has 2 aromatic heterocycles. The summed E-state index contributed by atoms with van der Waals surface area (Å²) in [5, 5.41) is 2.69. The van der Waals surface area contributed by atoms with Gasteiger partial charge in [0, 0.05) is 32.5 Å².